The Hall–Kier alpha value is -1.19. The lowest BCUT2D eigenvalue weighted by molar-refractivity contribution is 0.0795. The van der Waals surface area contributed by atoms with E-state index >= 15 is 0 Å². The van der Waals surface area contributed by atoms with Crippen LogP contribution >= 0.6 is 0 Å². The van der Waals surface area contributed by atoms with Crippen molar-refractivity contribution in [2.24, 2.45) is 0 Å². The summed E-state index contributed by atoms with van der Waals surface area (Å²) in [4.78, 5) is 3.76. The second-order valence-electron chi connectivity index (χ2n) is 2.37. The van der Waals surface area contributed by atoms with Gasteiger partial charge >= 0.3 is 0 Å². The average molecular weight is 173 g/mol. The van der Waals surface area contributed by atoms with Crippen molar-refractivity contribution in [1.82, 2.24) is 4.98 Å². The highest BCUT2D eigenvalue weighted by atomic mass is 19.3. The predicted molar refractivity (Wildman–Crippen MR) is 40.5 cm³/mol. The van der Waals surface area contributed by atoms with Crippen LogP contribution in [0.4, 0.5) is 8.78 Å². The van der Waals surface area contributed by atoms with Gasteiger partial charge in [-0.1, -0.05) is 0 Å². The first-order valence-corrected chi connectivity index (χ1v) is 3.52. The average Bonchev–Trinajstić information content (AvgIpc) is 2.01. The van der Waals surface area contributed by atoms with Crippen LogP contribution in [0.25, 0.3) is 0 Å². The molecule has 0 spiro atoms. The minimum Gasteiger partial charge on any atom is -0.472 e. The Kier molecular flexibility index (Phi) is 2.96. The molecular weight excluding hydrogens is 164 g/mol. The lowest BCUT2D eigenvalue weighted by Crippen LogP contribution is -2.07. The summed E-state index contributed by atoms with van der Waals surface area (Å²) in [5.74, 6) is 0.246. The first-order chi connectivity index (χ1) is 5.68. The predicted octanol–water partition coefficient (Wildman–Crippen LogP) is 2.03. The third kappa shape index (κ3) is 2.82. The second-order valence-corrected chi connectivity index (χ2v) is 2.37. The van der Waals surface area contributed by atoms with Crippen molar-refractivity contribution < 1.29 is 13.5 Å². The standard InChI is InChI=1S/C8H9F2NO/c1-6-2-3-11-8(4-6)12-5-7(9)10/h2-4,7H,5H2,1H3. The van der Waals surface area contributed by atoms with Crippen molar-refractivity contribution in [3.63, 3.8) is 0 Å². The van der Waals surface area contributed by atoms with E-state index in [1.165, 1.54) is 6.20 Å². The molecule has 1 aromatic heterocycles. The van der Waals surface area contributed by atoms with Gasteiger partial charge in [-0.2, -0.15) is 0 Å². The van der Waals surface area contributed by atoms with Gasteiger partial charge in [0.15, 0.2) is 6.61 Å². The zero-order valence-electron chi connectivity index (χ0n) is 6.63. The van der Waals surface area contributed by atoms with Gasteiger partial charge in [-0.15, -0.1) is 0 Å². The number of alkyl halides is 2. The summed E-state index contributed by atoms with van der Waals surface area (Å²) in [6, 6.07) is 3.39. The number of hydrogen-bond donors (Lipinski definition) is 0. The molecule has 0 fully saturated rings. The van der Waals surface area contributed by atoms with E-state index in [9.17, 15) is 8.78 Å². The number of halogens is 2. The van der Waals surface area contributed by atoms with Crippen LogP contribution < -0.4 is 4.74 Å². The molecule has 0 aliphatic carbocycles. The third-order valence-corrected chi connectivity index (χ3v) is 1.25. The van der Waals surface area contributed by atoms with Gasteiger partial charge in [0, 0.05) is 12.3 Å². The smallest absolute Gasteiger partial charge is 0.272 e. The summed E-state index contributed by atoms with van der Waals surface area (Å²) < 4.78 is 28.0. The van der Waals surface area contributed by atoms with E-state index in [0.29, 0.717) is 0 Å². The molecule has 0 atom stereocenters. The molecule has 0 saturated heterocycles. The van der Waals surface area contributed by atoms with Crippen molar-refractivity contribution in [3.8, 4) is 5.88 Å². The van der Waals surface area contributed by atoms with Crippen LogP contribution in [0.3, 0.4) is 0 Å². The lowest BCUT2D eigenvalue weighted by atomic mass is 10.3. The summed E-state index contributed by atoms with van der Waals surface area (Å²) in [6.07, 6.45) is -0.928. The minimum absolute atomic E-state index is 0.246. The van der Waals surface area contributed by atoms with E-state index in [2.05, 4.69) is 9.72 Å². The van der Waals surface area contributed by atoms with Crippen LogP contribution in [-0.4, -0.2) is 18.0 Å². The monoisotopic (exact) mass is 173 g/mol. The Morgan fingerprint density at radius 2 is 2.33 bits per heavy atom. The highest BCUT2D eigenvalue weighted by molar-refractivity contribution is 5.18. The first kappa shape index (κ1) is 8.90. The normalized spacial score (nSPS) is 10.3. The molecule has 0 N–H and O–H groups in total. The lowest BCUT2D eigenvalue weighted by Gasteiger charge is -2.03. The molecule has 0 saturated carbocycles. The topological polar surface area (TPSA) is 22.1 Å². The van der Waals surface area contributed by atoms with Crippen LogP contribution in [0.1, 0.15) is 5.56 Å². The Morgan fingerprint density at radius 1 is 1.58 bits per heavy atom. The molecule has 2 nitrogen and oxygen atoms in total. The summed E-state index contributed by atoms with van der Waals surface area (Å²) in [6.45, 7) is 1.24. The summed E-state index contributed by atoms with van der Waals surface area (Å²) in [5, 5.41) is 0. The van der Waals surface area contributed by atoms with E-state index in [4.69, 9.17) is 0 Å². The van der Waals surface area contributed by atoms with Crippen LogP contribution in [0, 0.1) is 6.92 Å². The van der Waals surface area contributed by atoms with Crippen molar-refractivity contribution in [3.05, 3.63) is 23.9 Å². The van der Waals surface area contributed by atoms with Gasteiger partial charge in [0.2, 0.25) is 5.88 Å². The van der Waals surface area contributed by atoms with E-state index in [-0.39, 0.29) is 5.88 Å². The molecule has 0 amide bonds. The van der Waals surface area contributed by atoms with Crippen LogP contribution in [0.15, 0.2) is 18.3 Å². The molecule has 0 aliphatic heterocycles. The SMILES string of the molecule is Cc1ccnc(OCC(F)F)c1. The van der Waals surface area contributed by atoms with E-state index in [1.807, 2.05) is 6.92 Å². The summed E-state index contributed by atoms with van der Waals surface area (Å²) in [5.41, 5.74) is 0.939. The largest absolute Gasteiger partial charge is 0.472 e. The van der Waals surface area contributed by atoms with Gasteiger partial charge in [-0.05, 0) is 18.6 Å². The van der Waals surface area contributed by atoms with Crippen molar-refractivity contribution in [1.29, 1.82) is 0 Å². The molecule has 0 unspecified atom stereocenters. The molecule has 1 rings (SSSR count). The van der Waals surface area contributed by atoms with Gasteiger partial charge in [0.05, 0.1) is 0 Å². The maximum atomic E-state index is 11.7. The fourth-order valence-corrected chi connectivity index (χ4v) is 0.736. The van der Waals surface area contributed by atoms with Crippen molar-refractivity contribution in [2.75, 3.05) is 6.61 Å². The molecule has 1 aromatic rings. The van der Waals surface area contributed by atoms with Crippen molar-refractivity contribution in [2.45, 2.75) is 13.3 Å². The van der Waals surface area contributed by atoms with Gasteiger partial charge in [0.25, 0.3) is 6.43 Å². The maximum absolute atomic E-state index is 11.7. The molecule has 0 bridgehead atoms. The fraction of sp³-hybridized carbons (Fsp3) is 0.375. The van der Waals surface area contributed by atoms with Gasteiger partial charge < -0.3 is 4.74 Å². The number of rotatable bonds is 3. The zero-order valence-corrected chi connectivity index (χ0v) is 6.63. The van der Waals surface area contributed by atoms with E-state index in [0.717, 1.165) is 5.56 Å². The Bertz CT molecular complexity index is 253. The number of aryl methyl sites for hydroxylation is 1. The maximum Gasteiger partial charge on any atom is 0.272 e. The number of ether oxygens (including phenoxy) is 1. The van der Waals surface area contributed by atoms with E-state index in [1.54, 1.807) is 12.1 Å². The molecule has 1 heterocycles. The Balaban J connectivity index is 2.52. The van der Waals surface area contributed by atoms with Crippen LogP contribution in [-0.2, 0) is 0 Å². The Morgan fingerprint density at radius 3 is 2.92 bits per heavy atom. The number of aromatic nitrogens is 1. The molecule has 66 valence electrons. The molecule has 4 heteroatoms. The second kappa shape index (κ2) is 3.99. The zero-order chi connectivity index (χ0) is 8.97. The number of nitrogens with zero attached hydrogens (tertiary/aromatic N) is 1. The summed E-state index contributed by atoms with van der Waals surface area (Å²) in [7, 11) is 0. The molecule has 12 heavy (non-hydrogen) atoms. The molecule has 0 aromatic carbocycles. The van der Waals surface area contributed by atoms with Gasteiger partial charge in [-0.3, -0.25) is 0 Å². The highest BCUT2D eigenvalue weighted by Crippen LogP contribution is 2.08. The van der Waals surface area contributed by atoms with E-state index < -0.39 is 13.0 Å². The number of pyridine rings is 1. The summed E-state index contributed by atoms with van der Waals surface area (Å²) >= 11 is 0. The number of hydrogen-bond acceptors (Lipinski definition) is 2. The van der Waals surface area contributed by atoms with Crippen LogP contribution in [0.5, 0.6) is 5.88 Å². The Labute approximate surface area is 69.2 Å². The first-order valence-electron chi connectivity index (χ1n) is 3.52. The third-order valence-electron chi connectivity index (χ3n) is 1.25. The fourth-order valence-electron chi connectivity index (χ4n) is 0.736. The van der Waals surface area contributed by atoms with Gasteiger partial charge in [0.1, 0.15) is 0 Å². The van der Waals surface area contributed by atoms with Crippen LogP contribution in [0.2, 0.25) is 0 Å². The van der Waals surface area contributed by atoms with Gasteiger partial charge in [-0.25, -0.2) is 13.8 Å². The molecule has 0 aliphatic rings. The van der Waals surface area contributed by atoms with Crippen molar-refractivity contribution >= 4 is 0 Å². The quantitative estimate of drug-likeness (QED) is 0.697. The highest BCUT2D eigenvalue weighted by Gasteiger charge is 2.03. The molecular formula is C8H9F2NO. The minimum atomic E-state index is -2.45. The molecule has 0 radical (unpaired) electrons.